The molecule has 128 valence electrons. The lowest BCUT2D eigenvalue weighted by atomic mass is 10.1. The first kappa shape index (κ1) is 16.9. The molecule has 0 spiro atoms. The number of hydrogen-bond acceptors (Lipinski definition) is 4. The average molecular weight is 335 g/mol. The Balaban J connectivity index is 1.37. The largest absolute Gasteiger partial charge is 0.356 e. The van der Waals surface area contributed by atoms with Gasteiger partial charge < -0.3 is 9.84 Å². The quantitative estimate of drug-likeness (QED) is 0.641. The van der Waals surface area contributed by atoms with Crippen molar-refractivity contribution in [3.8, 4) is 11.4 Å². The Labute approximate surface area is 147 Å². The summed E-state index contributed by atoms with van der Waals surface area (Å²) in [6, 6.07) is 19.9. The number of hydrogen-bond donors (Lipinski definition) is 1. The van der Waals surface area contributed by atoms with E-state index in [2.05, 4.69) is 27.6 Å². The van der Waals surface area contributed by atoms with Crippen molar-refractivity contribution in [2.24, 2.45) is 0 Å². The van der Waals surface area contributed by atoms with E-state index in [0.717, 1.165) is 18.4 Å². The van der Waals surface area contributed by atoms with Gasteiger partial charge in [0.25, 0.3) is 0 Å². The number of amides is 1. The Morgan fingerprint density at radius 1 is 0.960 bits per heavy atom. The second-order valence-electron chi connectivity index (χ2n) is 5.82. The van der Waals surface area contributed by atoms with Crippen molar-refractivity contribution in [3.63, 3.8) is 0 Å². The Hall–Kier alpha value is -2.95. The third-order valence-electron chi connectivity index (χ3n) is 3.87. The number of nitrogens with one attached hydrogen (secondary N) is 1. The van der Waals surface area contributed by atoms with Crippen molar-refractivity contribution in [3.05, 3.63) is 72.1 Å². The summed E-state index contributed by atoms with van der Waals surface area (Å²) in [6.07, 6.45) is 2.69. The van der Waals surface area contributed by atoms with E-state index in [1.165, 1.54) is 5.56 Å². The predicted molar refractivity (Wildman–Crippen MR) is 95.8 cm³/mol. The van der Waals surface area contributed by atoms with Crippen LogP contribution in [0, 0.1) is 0 Å². The normalized spacial score (nSPS) is 10.6. The molecular weight excluding hydrogens is 314 g/mol. The average Bonchev–Trinajstić information content (AvgIpc) is 3.14. The summed E-state index contributed by atoms with van der Waals surface area (Å²) in [5, 5.41) is 6.89. The summed E-state index contributed by atoms with van der Waals surface area (Å²) >= 11 is 0. The van der Waals surface area contributed by atoms with E-state index in [4.69, 9.17) is 4.52 Å². The standard InChI is InChI=1S/C20H21N3O2/c24-18(21-15-7-10-16-8-3-1-4-9-16)13-14-19-22-20(23-25-19)17-11-5-2-6-12-17/h1-6,8-9,11-12H,7,10,13-15H2,(H,21,24). The maximum atomic E-state index is 11.9. The Bertz CT molecular complexity index is 785. The molecule has 0 saturated carbocycles. The highest BCUT2D eigenvalue weighted by Gasteiger charge is 2.10. The molecule has 1 N–H and O–H groups in total. The number of carbonyl (C=O) groups is 1. The maximum Gasteiger partial charge on any atom is 0.227 e. The molecule has 0 fully saturated rings. The van der Waals surface area contributed by atoms with Gasteiger partial charge in [-0.1, -0.05) is 65.8 Å². The SMILES string of the molecule is O=C(CCc1nc(-c2ccccc2)no1)NCCCc1ccccc1. The molecule has 0 radical (unpaired) electrons. The minimum atomic E-state index is 0.00697. The van der Waals surface area contributed by atoms with Gasteiger partial charge in [-0.2, -0.15) is 4.98 Å². The number of carbonyl (C=O) groups excluding carboxylic acids is 1. The minimum Gasteiger partial charge on any atom is -0.356 e. The first-order chi connectivity index (χ1) is 12.3. The molecule has 0 unspecified atom stereocenters. The Morgan fingerprint density at radius 2 is 1.68 bits per heavy atom. The lowest BCUT2D eigenvalue weighted by molar-refractivity contribution is -0.121. The van der Waals surface area contributed by atoms with Gasteiger partial charge in [0.05, 0.1) is 0 Å². The van der Waals surface area contributed by atoms with Crippen molar-refractivity contribution in [2.45, 2.75) is 25.7 Å². The first-order valence-electron chi connectivity index (χ1n) is 8.50. The monoisotopic (exact) mass is 335 g/mol. The topological polar surface area (TPSA) is 68.0 Å². The molecule has 0 bridgehead atoms. The summed E-state index contributed by atoms with van der Waals surface area (Å²) in [5.41, 5.74) is 2.19. The van der Waals surface area contributed by atoms with Crippen LogP contribution >= 0.6 is 0 Å². The highest BCUT2D eigenvalue weighted by atomic mass is 16.5. The van der Waals surface area contributed by atoms with Crippen molar-refractivity contribution in [2.75, 3.05) is 6.54 Å². The maximum absolute atomic E-state index is 11.9. The summed E-state index contributed by atoms with van der Waals surface area (Å²) in [7, 11) is 0. The lowest BCUT2D eigenvalue weighted by Crippen LogP contribution is -2.25. The fourth-order valence-electron chi connectivity index (χ4n) is 2.53. The first-order valence-corrected chi connectivity index (χ1v) is 8.50. The fraction of sp³-hybridized carbons (Fsp3) is 0.250. The lowest BCUT2D eigenvalue weighted by Gasteiger charge is -2.04. The van der Waals surface area contributed by atoms with Gasteiger partial charge in [0.1, 0.15) is 0 Å². The fourth-order valence-corrected chi connectivity index (χ4v) is 2.53. The number of aromatic nitrogens is 2. The van der Waals surface area contributed by atoms with E-state index in [9.17, 15) is 4.79 Å². The van der Waals surface area contributed by atoms with Gasteiger partial charge in [-0.25, -0.2) is 0 Å². The zero-order chi connectivity index (χ0) is 17.3. The third kappa shape index (κ3) is 5.28. The highest BCUT2D eigenvalue weighted by molar-refractivity contribution is 5.76. The molecule has 3 rings (SSSR count). The van der Waals surface area contributed by atoms with Crippen LogP contribution in [-0.2, 0) is 17.6 Å². The minimum absolute atomic E-state index is 0.00697. The van der Waals surface area contributed by atoms with Crippen LogP contribution in [-0.4, -0.2) is 22.6 Å². The van der Waals surface area contributed by atoms with Crippen LogP contribution in [0.2, 0.25) is 0 Å². The van der Waals surface area contributed by atoms with E-state index in [-0.39, 0.29) is 5.91 Å². The Morgan fingerprint density at radius 3 is 2.44 bits per heavy atom. The highest BCUT2D eigenvalue weighted by Crippen LogP contribution is 2.15. The third-order valence-corrected chi connectivity index (χ3v) is 3.87. The summed E-state index contributed by atoms with van der Waals surface area (Å²) in [6.45, 7) is 0.673. The molecule has 5 nitrogen and oxygen atoms in total. The molecule has 1 heterocycles. The molecule has 25 heavy (non-hydrogen) atoms. The number of rotatable bonds is 8. The summed E-state index contributed by atoms with van der Waals surface area (Å²) in [5.74, 6) is 1.05. The molecule has 1 amide bonds. The van der Waals surface area contributed by atoms with Gasteiger partial charge in [-0.15, -0.1) is 0 Å². The molecule has 3 aromatic rings. The molecule has 2 aromatic carbocycles. The van der Waals surface area contributed by atoms with E-state index >= 15 is 0 Å². The second kappa shape index (κ2) is 8.78. The van der Waals surface area contributed by atoms with Gasteiger partial charge in [-0.3, -0.25) is 4.79 Å². The molecule has 5 heteroatoms. The van der Waals surface area contributed by atoms with E-state index in [1.807, 2.05) is 48.5 Å². The predicted octanol–water partition coefficient (Wildman–Crippen LogP) is 3.42. The van der Waals surface area contributed by atoms with Crippen LogP contribution in [0.25, 0.3) is 11.4 Å². The Kier molecular flexibility index (Phi) is 5.93. The number of benzene rings is 2. The molecule has 0 aliphatic carbocycles. The molecule has 0 saturated heterocycles. The number of nitrogens with zero attached hydrogens (tertiary/aromatic N) is 2. The van der Waals surface area contributed by atoms with Crippen LogP contribution in [0.1, 0.15) is 24.3 Å². The van der Waals surface area contributed by atoms with Crippen molar-refractivity contribution < 1.29 is 9.32 Å². The zero-order valence-corrected chi connectivity index (χ0v) is 14.0. The zero-order valence-electron chi connectivity index (χ0n) is 14.0. The number of aryl methyl sites for hydroxylation is 2. The van der Waals surface area contributed by atoms with Crippen molar-refractivity contribution >= 4 is 5.91 Å². The van der Waals surface area contributed by atoms with Gasteiger partial charge in [-0.05, 0) is 18.4 Å². The molecule has 0 aliphatic rings. The molecule has 0 aliphatic heterocycles. The van der Waals surface area contributed by atoms with Crippen molar-refractivity contribution in [1.29, 1.82) is 0 Å². The van der Waals surface area contributed by atoms with Crippen LogP contribution in [0.3, 0.4) is 0 Å². The van der Waals surface area contributed by atoms with Gasteiger partial charge in [0.2, 0.25) is 17.6 Å². The van der Waals surface area contributed by atoms with Gasteiger partial charge in [0, 0.05) is 24.9 Å². The van der Waals surface area contributed by atoms with E-state index < -0.39 is 0 Å². The van der Waals surface area contributed by atoms with Gasteiger partial charge in [0.15, 0.2) is 0 Å². The van der Waals surface area contributed by atoms with Crippen LogP contribution in [0.5, 0.6) is 0 Å². The van der Waals surface area contributed by atoms with Crippen LogP contribution in [0.4, 0.5) is 0 Å². The van der Waals surface area contributed by atoms with Crippen LogP contribution < -0.4 is 5.32 Å². The smallest absolute Gasteiger partial charge is 0.227 e. The summed E-state index contributed by atoms with van der Waals surface area (Å²) in [4.78, 5) is 16.2. The van der Waals surface area contributed by atoms with Crippen molar-refractivity contribution in [1.82, 2.24) is 15.5 Å². The van der Waals surface area contributed by atoms with Crippen LogP contribution in [0.15, 0.2) is 65.2 Å². The molecule has 1 aromatic heterocycles. The van der Waals surface area contributed by atoms with Gasteiger partial charge >= 0.3 is 0 Å². The molecular formula is C20H21N3O2. The summed E-state index contributed by atoms with van der Waals surface area (Å²) < 4.78 is 5.21. The molecule has 0 atom stereocenters. The van der Waals surface area contributed by atoms with E-state index in [1.54, 1.807) is 0 Å². The second-order valence-corrected chi connectivity index (χ2v) is 5.82. The van der Waals surface area contributed by atoms with E-state index in [0.29, 0.717) is 31.1 Å².